The van der Waals surface area contributed by atoms with Crippen LogP contribution in [-0.2, 0) is 6.42 Å². The van der Waals surface area contributed by atoms with Crippen molar-refractivity contribution in [3.63, 3.8) is 0 Å². The third kappa shape index (κ3) is 4.61. The van der Waals surface area contributed by atoms with E-state index in [0.717, 1.165) is 50.4 Å². The fourth-order valence-electron chi connectivity index (χ4n) is 3.60. The van der Waals surface area contributed by atoms with Crippen LogP contribution in [0, 0.1) is 0 Å². The molecular formula is C19H30N2O2. The number of methoxy groups -OCH3 is 1. The molecule has 128 valence electrons. The number of nitrogens with zero attached hydrogens (tertiary/aromatic N) is 1. The van der Waals surface area contributed by atoms with E-state index in [2.05, 4.69) is 35.5 Å². The Labute approximate surface area is 140 Å². The van der Waals surface area contributed by atoms with E-state index in [1.54, 1.807) is 7.11 Å². The summed E-state index contributed by atoms with van der Waals surface area (Å²) in [5.74, 6) is 1.76. The Hall–Kier alpha value is -1.26. The van der Waals surface area contributed by atoms with Crippen molar-refractivity contribution in [3.05, 3.63) is 23.8 Å². The summed E-state index contributed by atoms with van der Waals surface area (Å²) in [5, 5.41) is 3.61. The smallest absolute Gasteiger partial charge is 0.161 e. The molecule has 1 N–H and O–H groups in total. The summed E-state index contributed by atoms with van der Waals surface area (Å²) in [6.45, 7) is 3.37. The van der Waals surface area contributed by atoms with E-state index in [1.165, 1.54) is 24.8 Å². The first kappa shape index (κ1) is 16.6. The third-order valence-electron chi connectivity index (χ3n) is 5.08. The van der Waals surface area contributed by atoms with Crippen molar-refractivity contribution < 1.29 is 9.47 Å². The number of benzene rings is 1. The molecule has 1 atom stereocenters. The van der Waals surface area contributed by atoms with Crippen molar-refractivity contribution in [3.8, 4) is 11.5 Å². The Morgan fingerprint density at radius 2 is 1.96 bits per heavy atom. The van der Waals surface area contributed by atoms with Crippen LogP contribution in [0.4, 0.5) is 0 Å². The maximum atomic E-state index is 6.20. The zero-order valence-electron chi connectivity index (χ0n) is 14.5. The minimum absolute atomic E-state index is 0.311. The lowest BCUT2D eigenvalue weighted by Gasteiger charge is -2.30. The normalized spacial score (nSPS) is 23.7. The van der Waals surface area contributed by atoms with E-state index >= 15 is 0 Å². The molecule has 0 aromatic heterocycles. The standard InChI is InChI=1S/C19H30N2O2/c1-21-11-8-17(9-12-21)23-18-7-6-15(14-19(18)22-2)13-16-5-3-4-10-20-16/h6-7,14,16-17,20H,3-5,8-13H2,1-2H3. The van der Waals surface area contributed by atoms with Crippen molar-refractivity contribution in [2.24, 2.45) is 0 Å². The fourth-order valence-corrected chi connectivity index (χ4v) is 3.60. The first-order valence-electron chi connectivity index (χ1n) is 9.00. The summed E-state index contributed by atoms with van der Waals surface area (Å²) in [4.78, 5) is 2.36. The molecule has 2 saturated heterocycles. The highest BCUT2D eigenvalue weighted by molar-refractivity contribution is 5.43. The van der Waals surface area contributed by atoms with Gasteiger partial charge in [-0.3, -0.25) is 0 Å². The zero-order valence-corrected chi connectivity index (χ0v) is 14.5. The molecule has 0 saturated carbocycles. The first-order chi connectivity index (χ1) is 11.2. The Bertz CT molecular complexity index is 492. The SMILES string of the molecule is COc1cc(CC2CCCCN2)ccc1OC1CCN(C)CC1. The molecule has 23 heavy (non-hydrogen) atoms. The van der Waals surface area contributed by atoms with Gasteiger partial charge in [0.1, 0.15) is 6.10 Å². The molecule has 1 aromatic rings. The van der Waals surface area contributed by atoms with Gasteiger partial charge < -0.3 is 19.7 Å². The van der Waals surface area contributed by atoms with E-state index in [0.29, 0.717) is 12.1 Å². The van der Waals surface area contributed by atoms with Crippen molar-refractivity contribution >= 4 is 0 Å². The van der Waals surface area contributed by atoms with E-state index in [1.807, 2.05) is 0 Å². The number of ether oxygens (including phenoxy) is 2. The Kier molecular flexibility index (Phi) is 5.79. The van der Waals surface area contributed by atoms with Gasteiger partial charge in [-0.2, -0.15) is 0 Å². The molecule has 2 aliphatic rings. The van der Waals surface area contributed by atoms with Gasteiger partial charge in [-0.25, -0.2) is 0 Å². The van der Waals surface area contributed by atoms with Crippen LogP contribution in [0.5, 0.6) is 11.5 Å². The monoisotopic (exact) mass is 318 g/mol. The molecule has 0 aliphatic carbocycles. The molecule has 3 rings (SSSR count). The van der Waals surface area contributed by atoms with Gasteiger partial charge in [-0.1, -0.05) is 12.5 Å². The van der Waals surface area contributed by atoms with Gasteiger partial charge in [0.2, 0.25) is 0 Å². The largest absolute Gasteiger partial charge is 0.493 e. The lowest BCUT2D eigenvalue weighted by atomic mass is 9.97. The van der Waals surface area contributed by atoms with Crippen LogP contribution in [0.1, 0.15) is 37.7 Å². The number of likely N-dealkylation sites (tertiary alicyclic amines) is 1. The van der Waals surface area contributed by atoms with Crippen molar-refractivity contribution in [2.45, 2.75) is 50.7 Å². The van der Waals surface area contributed by atoms with Gasteiger partial charge in [-0.15, -0.1) is 0 Å². The molecule has 0 bridgehead atoms. The summed E-state index contributed by atoms with van der Waals surface area (Å²) in [5.41, 5.74) is 1.33. The number of nitrogens with one attached hydrogen (secondary N) is 1. The maximum Gasteiger partial charge on any atom is 0.161 e. The second-order valence-electron chi connectivity index (χ2n) is 6.96. The van der Waals surface area contributed by atoms with Gasteiger partial charge in [-0.05, 0) is 63.4 Å². The first-order valence-corrected chi connectivity index (χ1v) is 9.00. The Morgan fingerprint density at radius 3 is 2.65 bits per heavy atom. The predicted molar refractivity (Wildman–Crippen MR) is 93.5 cm³/mol. The molecule has 1 aromatic carbocycles. The summed E-state index contributed by atoms with van der Waals surface area (Å²) in [7, 11) is 3.91. The highest BCUT2D eigenvalue weighted by Crippen LogP contribution is 2.31. The molecule has 2 aliphatic heterocycles. The molecule has 2 fully saturated rings. The lowest BCUT2D eigenvalue weighted by Crippen LogP contribution is -2.36. The van der Waals surface area contributed by atoms with Crippen LogP contribution < -0.4 is 14.8 Å². The molecule has 1 unspecified atom stereocenters. The highest BCUT2D eigenvalue weighted by atomic mass is 16.5. The second kappa shape index (κ2) is 8.02. The lowest BCUT2D eigenvalue weighted by molar-refractivity contribution is 0.111. The summed E-state index contributed by atoms with van der Waals surface area (Å²) >= 11 is 0. The summed E-state index contributed by atoms with van der Waals surface area (Å²) in [6.07, 6.45) is 7.49. The van der Waals surface area contributed by atoms with Gasteiger partial charge >= 0.3 is 0 Å². The van der Waals surface area contributed by atoms with Crippen molar-refractivity contribution in [1.82, 2.24) is 10.2 Å². The average molecular weight is 318 g/mol. The number of hydrogen-bond acceptors (Lipinski definition) is 4. The average Bonchev–Trinajstić information content (AvgIpc) is 2.59. The summed E-state index contributed by atoms with van der Waals surface area (Å²) < 4.78 is 11.8. The van der Waals surface area contributed by atoms with Crippen LogP contribution in [0.2, 0.25) is 0 Å². The topological polar surface area (TPSA) is 33.7 Å². The van der Waals surface area contributed by atoms with Gasteiger partial charge in [0.15, 0.2) is 11.5 Å². The van der Waals surface area contributed by atoms with Crippen LogP contribution >= 0.6 is 0 Å². The van der Waals surface area contributed by atoms with Crippen molar-refractivity contribution in [1.29, 1.82) is 0 Å². The molecular weight excluding hydrogens is 288 g/mol. The zero-order chi connectivity index (χ0) is 16.1. The minimum atomic E-state index is 0.311. The second-order valence-corrected chi connectivity index (χ2v) is 6.96. The quantitative estimate of drug-likeness (QED) is 0.905. The third-order valence-corrected chi connectivity index (χ3v) is 5.08. The van der Waals surface area contributed by atoms with Gasteiger partial charge in [0, 0.05) is 19.1 Å². The van der Waals surface area contributed by atoms with Crippen molar-refractivity contribution in [2.75, 3.05) is 33.8 Å². The van der Waals surface area contributed by atoms with E-state index in [4.69, 9.17) is 9.47 Å². The van der Waals surface area contributed by atoms with Crippen LogP contribution in [0.3, 0.4) is 0 Å². The van der Waals surface area contributed by atoms with Gasteiger partial charge in [0.05, 0.1) is 7.11 Å². The molecule has 0 spiro atoms. The predicted octanol–water partition coefficient (Wildman–Crippen LogP) is 2.85. The van der Waals surface area contributed by atoms with Crippen LogP contribution in [0.25, 0.3) is 0 Å². The van der Waals surface area contributed by atoms with Crippen LogP contribution in [-0.4, -0.2) is 50.8 Å². The Balaban J connectivity index is 1.62. The van der Waals surface area contributed by atoms with E-state index in [9.17, 15) is 0 Å². The number of hydrogen-bond donors (Lipinski definition) is 1. The molecule has 4 nitrogen and oxygen atoms in total. The van der Waals surface area contributed by atoms with E-state index in [-0.39, 0.29) is 0 Å². The molecule has 0 amide bonds. The highest BCUT2D eigenvalue weighted by Gasteiger charge is 2.20. The molecule has 2 heterocycles. The van der Waals surface area contributed by atoms with E-state index < -0.39 is 0 Å². The molecule has 0 radical (unpaired) electrons. The van der Waals surface area contributed by atoms with Gasteiger partial charge in [0.25, 0.3) is 0 Å². The van der Waals surface area contributed by atoms with Crippen LogP contribution in [0.15, 0.2) is 18.2 Å². The fraction of sp³-hybridized carbons (Fsp3) is 0.684. The Morgan fingerprint density at radius 1 is 1.13 bits per heavy atom. The molecule has 4 heteroatoms. The number of rotatable bonds is 5. The number of piperidine rings is 2. The maximum absolute atomic E-state index is 6.20. The summed E-state index contributed by atoms with van der Waals surface area (Å²) in [6, 6.07) is 7.05. The minimum Gasteiger partial charge on any atom is -0.493 e.